The molecule has 10 nitrogen and oxygen atoms in total. The van der Waals surface area contributed by atoms with Crippen LogP contribution in [-0.4, -0.2) is 50.6 Å². The van der Waals surface area contributed by atoms with Gasteiger partial charge in [-0.2, -0.15) is 0 Å². The third-order valence-electron chi connectivity index (χ3n) is 4.54. The summed E-state index contributed by atoms with van der Waals surface area (Å²) in [5.41, 5.74) is 1.87. The third kappa shape index (κ3) is 3.36. The Labute approximate surface area is 171 Å². The van der Waals surface area contributed by atoms with Crippen molar-refractivity contribution in [2.75, 3.05) is 28.4 Å². The Morgan fingerprint density at radius 3 is 1.30 bits per heavy atom. The molecule has 4 rings (SSSR count). The van der Waals surface area contributed by atoms with E-state index in [4.69, 9.17) is 28.4 Å². The van der Waals surface area contributed by atoms with Crippen molar-refractivity contribution >= 4 is 11.9 Å². The zero-order chi connectivity index (χ0) is 22.0. The molecule has 0 saturated heterocycles. The monoisotopic (exact) mass is 420 g/mol. The molecule has 0 saturated carbocycles. The molecular formula is C20H20O10. The number of fused-ring (bicyclic) bond motifs is 2. The number of methoxy groups -OCH3 is 4. The van der Waals surface area contributed by atoms with E-state index in [0.29, 0.717) is 22.3 Å². The van der Waals surface area contributed by atoms with Crippen LogP contribution in [0.2, 0.25) is 0 Å². The molecule has 0 bridgehead atoms. The van der Waals surface area contributed by atoms with E-state index in [1.165, 1.54) is 40.6 Å². The Hall–Kier alpha value is -3.82. The van der Waals surface area contributed by atoms with E-state index in [2.05, 4.69) is 0 Å². The minimum absolute atomic E-state index is 0.0635. The Morgan fingerprint density at radius 1 is 0.667 bits per heavy atom. The third-order valence-corrected chi connectivity index (χ3v) is 4.54. The lowest BCUT2D eigenvalue weighted by atomic mass is 10.1. The van der Waals surface area contributed by atoms with E-state index in [1.54, 1.807) is 0 Å². The number of rotatable bonds is 4. The number of hydrogen-bond acceptors (Lipinski definition) is 10. The second-order valence-electron chi connectivity index (χ2n) is 6.14. The van der Waals surface area contributed by atoms with Crippen molar-refractivity contribution in [2.45, 2.75) is 13.2 Å². The second kappa shape index (κ2) is 8.27. The van der Waals surface area contributed by atoms with E-state index in [1.807, 2.05) is 0 Å². The summed E-state index contributed by atoms with van der Waals surface area (Å²) in [6.07, 6.45) is 0. The first kappa shape index (κ1) is 20.9. The maximum absolute atomic E-state index is 11.4. The number of carbonyl (C=O) groups is 2. The topological polar surface area (TPSA) is 130 Å². The average molecular weight is 420 g/mol. The number of benzene rings is 2. The summed E-state index contributed by atoms with van der Waals surface area (Å²) >= 11 is 0. The fraction of sp³-hybridized carbons (Fsp3) is 0.300. The molecule has 0 spiro atoms. The van der Waals surface area contributed by atoms with E-state index in [0.717, 1.165) is 0 Å². The van der Waals surface area contributed by atoms with Gasteiger partial charge in [-0.1, -0.05) is 0 Å². The maximum Gasteiger partial charge on any atom is 0.342 e. The number of esters is 2. The zero-order valence-corrected chi connectivity index (χ0v) is 16.7. The highest BCUT2D eigenvalue weighted by molar-refractivity contribution is 5.98. The van der Waals surface area contributed by atoms with Crippen molar-refractivity contribution in [2.24, 2.45) is 0 Å². The molecule has 0 amide bonds. The summed E-state index contributed by atoms with van der Waals surface area (Å²) in [7, 11) is 5.60. The van der Waals surface area contributed by atoms with Gasteiger partial charge >= 0.3 is 11.9 Å². The first-order valence-corrected chi connectivity index (χ1v) is 8.65. The molecule has 0 atom stereocenters. The van der Waals surface area contributed by atoms with E-state index in [9.17, 15) is 19.8 Å². The van der Waals surface area contributed by atoms with E-state index in [-0.39, 0.29) is 47.7 Å². The first-order chi connectivity index (χ1) is 14.4. The molecule has 0 fully saturated rings. The van der Waals surface area contributed by atoms with Gasteiger partial charge in [-0.05, 0) is 12.1 Å². The predicted octanol–water partition coefficient (Wildman–Crippen LogP) is 2.16. The molecule has 0 radical (unpaired) electrons. The Bertz CT molecular complexity index is 930. The number of phenolic OH excluding ortho intramolecular Hbond substituents is 2. The molecule has 160 valence electrons. The summed E-state index contributed by atoms with van der Waals surface area (Å²) in [4.78, 5) is 22.8. The Balaban J connectivity index is 0.000000171. The Kier molecular flexibility index (Phi) is 5.77. The first-order valence-electron chi connectivity index (χ1n) is 8.65. The highest BCUT2D eigenvalue weighted by atomic mass is 16.6. The van der Waals surface area contributed by atoms with Crippen LogP contribution >= 0.6 is 0 Å². The standard InChI is InChI=1S/2C10H10O5/c2*1-13-8-6(11)3-5-4-15-10(12)7(5)9(8)14-2/h2*3,11H,4H2,1-2H3. The maximum atomic E-state index is 11.4. The molecule has 2 aliphatic rings. The van der Waals surface area contributed by atoms with E-state index < -0.39 is 11.9 Å². The number of ether oxygens (including phenoxy) is 6. The van der Waals surface area contributed by atoms with E-state index >= 15 is 0 Å². The van der Waals surface area contributed by atoms with Gasteiger partial charge < -0.3 is 38.6 Å². The van der Waals surface area contributed by atoms with Crippen molar-refractivity contribution in [1.29, 1.82) is 0 Å². The van der Waals surface area contributed by atoms with Crippen LogP contribution < -0.4 is 18.9 Å². The number of cyclic esters (lactones) is 2. The SMILES string of the molecule is COc1c(O)cc2c(c1OC)C(=O)OC2.COc1c(O)cc2c(c1OC)C(=O)OC2. The van der Waals surface area contributed by atoms with Crippen molar-refractivity contribution in [3.63, 3.8) is 0 Å². The molecular weight excluding hydrogens is 400 g/mol. The van der Waals surface area contributed by atoms with Gasteiger partial charge in [0.1, 0.15) is 24.3 Å². The number of aromatic hydroxyl groups is 2. The molecule has 2 N–H and O–H groups in total. The fourth-order valence-corrected chi connectivity index (χ4v) is 3.25. The van der Waals surface area contributed by atoms with Gasteiger partial charge in [0.15, 0.2) is 23.0 Å². The summed E-state index contributed by atoms with van der Waals surface area (Å²) < 4.78 is 29.7. The van der Waals surface area contributed by atoms with Gasteiger partial charge in [-0.25, -0.2) is 9.59 Å². The van der Waals surface area contributed by atoms with Gasteiger partial charge in [0, 0.05) is 11.1 Å². The van der Waals surface area contributed by atoms with Gasteiger partial charge in [-0.3, -0.25) is 0 Å². The fourth-order valence-electron chi connectivity index (χ4n) is 3.25. The molecule has 0 unspecified atom stereocenters. The lowest BCUT2D eigenvalue weighted by Crippen LogP contribution is -2.01. The summed E-state index contributed by atoms with van der Waals surface area (Å²) in [5.74, 6) is -0.312. The number of phenols is 2. The number of carbonyl (C=O) groups excluding carboxylic acids is 2. The quantitative estimate of drug-likeness (QED) is 0.710. The van der Waals surface area contributed by atoms with Crippen molar-refractivity contribution in [3.05, 3.63) is 34.4 Å². The Morgan fingerprint density at radius 2 is 1.00 bits per heavy atom. The smallest absolute Gasteiger partial charge is 0.342 e. The molecule has 10 heteroatoms. The van der Waals surface area contributed by atoms with Crippen LogP contribution in [0.4, 0.5) is 0 Å². The highest BCUT2D eigenvalue weighted by Gasteiger charge is 2.31. The molecule has 0 aliphatic carbocycles. The predicted molar refractivity (Wildman–Crippen MR) is 101 cm³/mol. The minimum atomic E-state index is -0.458. The van der Waals surface area contributed by atoms with Gasteiger partial charge in [0.25, 0.3) is 0 Å². The molecule has 0 aromatic heterocycles. The normalized spacial score (nSPS) is 13.3. The minimum Gasteiger partial charge on any atom is -0.504 e. The molecule has 2 aromatic rings. The lowest BCUT2D eigenvalue weighted by Gasteiger charge is -2.11. The molecule has 2 aliphatic heterocycles. The van der Waals surface area contributed by atoms with Gasteiger partial charge in [-0.15, -0.1) is 0 Å². The summed E-state index contributed by atoms with van der Waals surface area (Å²) in [6, 6.07) is 2.89. The molecule has 30 heavy (non-hydrogen) atoms. The van der Waals surface area contributed by atoms with Crippen molar-refractivity contribution < 1.29 is 48.2 Å². The zero-order valence-electron chi connectivity index (χ0n) is 16.7. The summed E-state index contributed by atoms with van der Waals surface area (Å²) in [5, 5.41) is 19.2. The van der Waals surface area contributed by atoms with Crippen LogP contribution in [0.5, 0.6) is 34.5 Å². The van der Waals surface area contributed by atoms with Crippen LogP contribution in [0.25, 0.3) is 0 Å². The van der Waals surface area contributed by atoms with Gasteiger partial charge in [0.2, 0.25) is 11.5 Å². The van der Waals surface area contributed by atoms with Crippen LogP contribution in [0.1, 0.15) is 31.8 Å². The highest BCUT2D eigenvalue weighted by Crippen LogP contribution is 2.44. The summed E-state index contributed by atoms with van der Waals surface area (Å²) in [6.45, 7) is 0.310. The molecule has 2 heterocycles. The lowest BCUT2D eigenvalue weighted by molar-refractivity contribution is 0.0523. The largest absolute Gasteiger partial charge is 0.504 e. The van der Waals surface area contributed by atoms with Crippen LogP contribution in [0, 0.1) is 0 Å². The van der Waals surface area contributed by atoms with Crippen LogP contribution in [0.15, 0.2) is 12.1 Å². The van der Waals surface area contributed by atoms with Crippen LogP contribution in [0.3, 0.4) is 0 Å². The average Bonchev–Trinajstić information content (AvgIpc) is 3.28. The van der Waals surface area contributed by atoms with Crippen molar-refractivity contribution in [3.8, 4) is 34.5 Å². The van der Waals surface area contributed by atoms with Gasteiger partial charge in [0.05, 0.1) is 28.4 Å². The second-order valence-corrected chi connectivity index (χ2v) is 6.14. The van der Waals surface area contributed by atoms with Crippen LogP contribution in [-0.2, 0) is 22.7 Å². The number of hydrogen-bond donors (Lipinski definition) is 2. The van der Waals surface area contributed by atoms with Crippen molar-refractivity contribution in [1.82, 2.24) is 0 Å². The molecule has 2 aromatic carbocycles.